The highest BCUT2D eigenvalue weighted by molar-refractivity contribution is 14.1. The molecule has 1 fully saturated rings. The minimum Gasteiger partial charge on any atom is -0.462 e. The molecular formula is C15H27INO5. The maximum Gasteiger partial charge on any atom is 0.318 e. The number of carbonyl (C=O) groups is 1. The van der Waals surface area contributed by atoms with E-state index in [0.29, 0.717) is 12.8 Å². The second-order valence-electron chi connectivity index (χ2n) is 7.18. The zero-order chi connectivity index (χ0) is 17.1. The molecule has 0 aliphatic carbocycles. The Morgan fingerprint density at radius 1 is 1.27 bits per heavy atom. The number of aliphatic hydroxyl groups is 1. The number of rotatable bonds is 6. The number of hydroxylamine groups is 2. The van der Waals surface area contributed by atoms with Gasteiger partial charge in [0.05, 0.1) is 12.7 Å². The van der Waals surface area contributed by atoms with Crippen LogP contribution >= 0.6 is 22.6 Å². The molecule has 1 rings (SSSR count). The van der Waals surface area contributed by atoms with Gasteiger partial charge in [-0.1, -0.05) is 22.6 Å². The van der Waals surface area contributed by atoms with Crippen molar-refractivity contribution in [1.29, 1.82) is 0 Å². The van der Waals surface area contributed by atoms with Gasteiger partial charge in [0, 0.05) is 11.1 Å². The van der Waals surface area contributed by atoms with Gasteiger partial charge in [-0.25, -0.2) is 0 Å². The van der Waals surface area contributed by atoms with Crippen LogP contribution < -0.4 is 0 Å². The fourth-order valence-electron chi connectivity index (χ4n) is 2.88. The Hall–Kier alpha value is 0.0400. The molecular weight excluding hydrogens is 401 g/mol. The number of ether oxygens (including phenoxy) is 2. The summed E-state index contributed by atoms with van der Waals surface area (Å²) in [5.41, 5.74) is -0.999. The molecule has 0 aromatic rings. The van der Waals surface area contributed by atoms with Gasteiger partial charge in [-0.15, -0.1) is 10.3 Å². The quantitative estimate of drug-likeness (QED) is 0.398. The Morgan fingerprint density at radius 3 is 2.23 bits per heavy atom. The maximum atomic E-state index is 12.2. The molecule has 22 heavy (non-hydrogen) atoms. The van der Waals surface area contributed by atoms with E-state index >= 15 is 0 Å². The van der Waals surface area contributed by atoms with Crippen LogP contribution in [0.2, 0.25) is 0 Å². The van der Waals surface area contributed by atoms with Gasteiger partial charge in [0.25, 0.3) is 0 Å². The zero-order valence-electron chi connectivity index (χ0n) is 14.0. The number of aliphatic hydroxyl groups excluding tert-OH is 1. The Balaban J connectivity index is 2.43. The van der Waals surface area contributed by atoms with Crippen molar-refractivity contribution in [3.8, 4) is 0 Å². The summed E-state index contributed by atoms with van der Waals surface area (Å²) in [6, 6.07) is 0. The molecule has 0 saturated carbocycles. The van der Waals surface area contributed by atoms with Crippen LogP contribution in [0.1, 0.15) is 47.5 Å². The number of piperidine rings is 1. The highest BCUT2D eigenvalue weighted by Crippen LogP contribution is 2.38. The average molecular weight is 428 g/mol. The zero-order valence-corrected chi connectivity index (χ0v) is 16.1. The molecule has 2 atom stereocenters. The molecule has 129 valence electrons. The number of carbonyl (C=O) groups excluding carboxylic acids is 1. The lowest BCUT2D eigenvalue weighted by molar-refractivity contribution is -0.302. The van der Waals surface area contributed by atoms with Gasteiger partial charge >= 0.3 is 5.97 Å². The third-order valence-electron chi connectivity index (χ3n) is 3.82. The number of hydrogen-bond donors (Lipinski definition) is 1. The molecule has 0 aromatic carbocycles. The van der Waals surface area contributed by atoms with Crippen LogP contribution in [0.5, 0.6) is 0 Å². The van der Waals surface area contributed by atoms with Gasteiger partial charge < -0.3 is 14.6 Å². The summed E-state index contributed by atoms with van der Waals surface area (Å²) in [5.74, 6) is -0.346. The lowest BCUT2D eigenvalue weighted by atomic mass is 9.80. The van der Waals surface area contributed by atoms with Gasteiger partial charge in [-0.3, -0.25) is 4.79 Å². The molecule has 1 aliphatic rings. The fraction of sp³-hybridized carbons (Fsp3) is 0.933. The van der Waals surface area contributed by atoms with Crippen LogP contribution in [0.15, 0.2) is 0 Å². The minimum absolute atomic E-state index is 0.0701. The van der Waals surface area contributed by atoms with Crippen molar-refractivity contribution < 1.29 is 24.6 Å². The molecule has 1 aliphatic heterocycles. The van der Waals surface area contributed by atoms with Crippen LogP contribution in [0, 0.1) is 0 Å². The van der Waals surface area contributed by atoms with E-state index in [1.165, 1.54) is 0 Å². The van der Waals surface area contributed by atoms with E-state index in [0.717, 1.165) is 5.06 Å². The van der Waals surface area contributed by atoms with Crippen LogP contribution in [0.3, 0.4) is 0 Å². The third kappa shape index (κ3) is 5.59. The fourth-order valence-corrected chi connectivity index (χ4v) is 3.06. The smallest absolute Gasteiger partial charge is 0.318 e. The summed E-state index contributed by atoms with van der Waals surface area (Å²) in [5, 5.41) is 23.2. The van der Waals surface area contributed by atoms with E-state index < -0.39 is 17.2 Å². The van der Waals surface area contributed by atoms with Crippen LogP contribution in [0.4, 0.5) is 0 Å². The maximum absolute atomic E-state index is 12.2. The van der Waals surface area contributed by atoms with Crippen molar-refractivity contribution in [1.82, 2.24) is 5.06 Å². The van der Waals surface area contributed by atoms with Crippen molar-refractivity contribution in [2.75, 3.05) is 13.2 Å². The van der Waals surface area contributed by atoms with E-state index in [1.54, 1.807) is 6.92 Å². The molecule has 0 aromatic heterocycles. The first-order valence-corrected chi connectivity index (χ1v) is 8.78. The second-order valence-corrected chi connectivity index (χ2v) is 9.05. The van der Waals surface area contributed by atoms with Gasteiger partial charge in [0.1, 0.15) is 16.6 Å². The van der Waals surface area contributed by atoms with E-state index in [-0.39, 0.29) is 29.2 Å². The van der Waals surface area contributed by atoms with E-state index in [9.17, 15) is 15.1 Å². The van der Waals surface area contributed by atoms with Crippen molar-refractivity contribution >= 4 is 28.6 Å². The van der Waals surface area contributed by atoms with Crippen LogP contribution in [-0.2, 0) is 19.5 Å². The minimum atomic E-state index is -0.851. The molecule has 1 saturated heterocycles. The monoisotopic (exact) mass is 428 g/mol. The summed E-state index contributed by atoms with van der Waals surface area (Å²) < 4.78 is 10.5. The Kier molecular flexibility index (Phi) is 7.07. The Morgan fingerprint density at radius 2 is 1.77 bits per heavy atom. The number of esters is 1. The molecule has 1 N–H and O–H groups in total. The first-order chi connectivity index (χ1) is 9.95. The van der Waals surface area contributed by atoms with E-state index in [2.05, 4.69) is 0 Å². The Labute approximate surface area is 146 Å². The normalized spacial score (nSPS) is 24.7. The molecule has 6 nitrogen and oxygen atoms in total. The standard InChI is InChI=1S/C15H27INO5/c1-10(16)13(19)22-9-11(18)8-21-12-6-14(2,3)17(20)15(4,5)7-12/h10-12,18H,6-9H2,1-5H3. The van der Waals surface area contributed by atoms with Crippen LogP contribution in [0.25, 0.3) is 0 Å². The lowest BCUT2D eigenvalue weighted by Gasteiger charge is -2.49. The molecule has 7 heteroatoms. The van der Waals surface area contributed by atoms with Crippen molar-refractivity contribution in [3.05, 3.63) is 0 Å². The van der Waals surface area contributed by atoms with E-state index in [1.807, 2.05) is 50.3 Å². The molecule has 0 spiro atoms. The second kappa shape index (κ2) is 7.74. The van der Waals surface area contributed by atoms with Gasteiger partial charge in [0.2, 0.25) is 0 Å². The number of alkyl halides is 1. The number of halogens is 1. The lowest BCUT2D eigenvalue weighted by Crippen LogP contribution is -2.60. The molecule has 2 unspecified atom stereocenters. The molecule has 0 bridgehead atoms. The largest absolute Gasteiger partial charge is 0.462 e. The highest BCUT2D eigenvalue weighted by Gasteiger charge is 2.46. The predicted octanol–water partition coefficient (Wildman–Crippen LogP) is 2.10. The molecule has 0 amide bonds. The number of hydrogen-bond acceptors (Lipinski definition) is 5. The highest BCUT2D eigenvalue weighted by atomic mass is 127. The summed E-state index contributed by atoms with van der Waals surface area (Å²) in [6.07, 6.45) is 0.272. The van der Waals surface area contributed by atoms with E-state index in [4.69, 9.17) is 9.47 Å². The van der Waals surface area contributed by atoms with Crippen molar-refractivity contribution in [2.24, 2.45) is 0 Å². The number of nitrogens with zero attached hydrogens (tertiary/aromatic N) is 1. The third-order valence-corrected chi connectivity index (χ3v) is 4.33. The summed E-state index contributed by atoms with van der Waals surface area (Å²) >= 11 is 1.96. The van der Waals surface area contributed by atoms with Crippen molar-refractivity contribution in [3.63, 3.8) is 0 Å². The summed E-state index contributed by atoms with van der Waals surface area (Å²) in [7, 11) is 0. The summed E-state index contributed by atoms with van der Waals surface area (Å²) in [4.78, 5) is 11.3. The van der Waals surface area contributed by atoms with Gasteiger partial charge in [-0.05, 0) is 47.5 Å². The first kappa shape index (κ1) is 20.1. The Bertz CT molecular complexity index is 368. The molecule has 1 heterocycles. The summed E-state index contributed by atoms with van der Waals surface area (Å²) in [6.45, 7) is 9.35. The van der Waals surface area contributed by atoms with Gasteiger partial charge in [0.15, 0.2) is 0 Å². The van der Waals surface area contributed by atoms with Crippen LogP contribution in [-0.4, -0.2) is 56.6 Å². The predicted molar refractivity (Wildman–Crippen MR) is 90.1 cm³/mol. The first-order valence-electron chi connectivity index (χ1n) is 7.53. The SMILES string of the molecule is CC(I)C(=O)OCC(O)COC1CC(C)(C)N([O])C(C)(C)C1. The van der Waals surface area contributed by atoms with Gasteiger partial charge in [-0.2, -0.15) is 0 Å². The topological polar surface area (TPSA) is 78.9 Å². The average Bonchev–Trinajstić information content (AvgIpc) is 2.39. The molecule has 1 radical (unpaired) electrons. The van der Waals surface area contributed by atoms with Crippen molar-refractivity contribution in [2.45, 2.75) is 74.7 Å².